The maximum absolute atomic E-state index is 2.38. The van der Waals surface area contributed by atoms with E-state index in [9.17, 15) is 0 Å². The van der Waals surface area contributed by atoms with E-state index in [0.717, 1.165) is 45.5 Å². The van der Waals surface area contributed by atoms with E-state index in [4.69, 9.17) is 0 Å². The molecule has 0 N–H and O–H groups in total. The Morgan fingerprint density at radius 3 is 0.836 bits per heavy atom. The van der Waals surface area contributed by atoms with E-state index in [1.807, 2.05) is 22.7 Å². The van der Waals surface area contributed by atoms with E-state index in [2.05, 4.69) is 480 Å². The van der Waals surface area contributed by atoms with Gasteiger partial charge in [0.25, 0.3) is 0 Å². The summed E-state index contributed by atoms with van der Waals surface area (Å²) in [4.78, 5) is 4.74. The van der Waals surface area contributed by atoms with Gasteiger partial charge in [-0.05, 0) is 228 Å². The molecule has 0 saturated carbocycles. The number of benzene rings is 20. The number of thiophene rings is 2. The molecule has 0 atom stereocenters. The fraction of sp³-hybridized carbons (Fsp3) is 0. The number of anilines is 6. The SMILES string of the molecule is c1ccc2c(-c3ccc(-c4ccc(N(c5ccc(-c6cccc7c6sc6ccccc67)cc5)c5ccc(-n6c7ccccc7c7ccccc76)cc5)cc4)cc3)cccc2c1.c1ccc2cc(-c3ccc(-c4ccc(N(c5ccc(-c6cccc7c6sc6ccccc67)cc5)c5ccc(-n6c7ccccc7c7ccccc76)cc5)cc4)cc3)ccc2c1. The third-order valence-corrected chi connectivity index (χ3v) is 26.9. The van der Waals surface area contributed by atoms with Crippen molar-refractivity contribution in [2.24, 2.45) is 0 Å². The molecule has 4 heterocycles. The number of fused-ring (bicyclic) bond motifs is 14. The second kappa shape index (κ2) is 30.5. The third kappa shape index (κ3) is 12.8. The zero-order valence-electron chi connectivity index (χ0n) is 66.5. The summed E-state index contributed by atoms with van der Waals surface area (Å²) in [7, 11) is 0. The van der Waals surface area contributed by atoms with E-state index in [1.54, 1.807) is 0 Å². The molecule has 0 amide bonds. The van der Waals surface area contributed by atoms with E-state index < -0.39 is 0 Å². The zero-order chi connectivity index (χ0) is 80.6. The minimum atomic E-state index is 1.09. The quantitative estimate of drug-likeness (QED) is 0.108. The average Bonchev–Trinajstić information content (AvgIpc) is 1.63. The first-order chi connectivity index (χ1) is 60.5. The second-order valence-electron chi connectivity index (χ2n) is 31.4. The maximum atomic E-state index is 2.38. The normalized spacial score (nSPS) is 11.6. The highest BCUT2D eigenvalue weighted by atomic mass is 32.1. The van der Waals surface area contributed by atoms with E-state index in [1.165, 1.54) is 172 Å². The summed E-state index contributed by atoms with van der Waals surface area (Å²) >= 11 is 3.75. The van der Waals surface area contributed by atoms with Gasteiger partial charge in [-0.1, -0.05) is 322 Å². The van der Waals surface area contributed by atoms with Crippen molar-refractivity contribution in [3.8, 4) is 78.1 Å². The van der Waals surface area contributed by atoms with Gasteiger partial charge in [0.2, 0.25) is 0 Å². The van der Waals surface area contributed by atoms with Gasteiger partial charge < -0.3 is 18.9 Å². The maximum Gasteiger partial charge on any atom is 0.0541 e. The van der Waals surface area contributed by atoms with Crippen molar-refractivity contribution >= 4 is 162 Å². The van der Waals surface area contributed by atoms with Crippen molar-refractivity contribution in [2.45, 2.75) is 0 Å². The standard InChI is InChI=1S/2C58H38N2S/c1-2-13-48-41(11-1)12-9-17-49(48)42-25-23-39(24-26-42)40-27-31-44(32-28-40)59(45-33-29-43(30-34-45)50-18-10-19-54-53-16-5-8-22-57(53)61-58(50)54)46-35-37-47(38-36-46)60-55-20-6-3-14-51(55)52-15-4-7-21-56(52)60;1-2-11-44-38-45(25-24-39(44)10-1)42-22-20-40(21-23-42)41-26-30-46(31-27-41)59(47-32-28-43(29-33-47)50-15-9-16-54-53-14-5-8-19-57(53)61-58(50)54)48-34-36-49(37-35-48)60-55-17-6-3-12-51(55)52-13-4-7-18-56(52)60/h2*1-38H. The van der Waals surface area contributed by atoms with Crippen LogP contribution in [0.3, 0.4) is 0 Å². The molecule has 572 valence electrons. The van der Waals surface area contributed by atoms with Crippen molar-refractivity contribution in [3.05, 3.63) is 461 Å². The largest absolute Gasteiger partial charge is 0.311 e. The molecule has 0 aliphatic heterocycles. The number of nitrogens with zero attached hydrogens (tertiary/aromatic N) is 4. The van der Waals surface area contributed by atoms with Gasteiger partial charge in [-0.25, -0.2) is 0 Å². The first-order valence-electron chi connectivity index (χ1n) is 41.7. The lowest BCUT2D eigenvalue weighted by Crippen LogP contribution is -2.10. The third-order valence-electron chi connectivity index (χ3n) is 24.4. The summed E-state index contributed by atoms with van der Waals surface area (Å²) in [5.41, 5.74) is 28.3. The molecular formula is C116H76N4S2. The molecule has 0 unspecified atom stereocenters. The summed E-state index contributed by atoms with van der Waals surface area (Å²) in [6.45, 7) is 0. The Morgan fingerprint density at radius 2 is 0.426 bits per heavy atom. The highest BCUT2D eigenvalue weighted by Crippen LogP contribution is 2.47. The lowest BCUT2D eigenvalue weighted by atomic mass is 9.96. The smallest absolute Gasteiger partial charge is 0.0541 e. The lowest BCUT2D eigenvalue weighted by Gasteiger charge is -2.26. The van der Waals surface area contributed by atoms with Gasteiger partial charge in [-0.3, -0.25) is 0 Å². The second-order valence-corrected chi connectivity index (χ2v) is 33.5. The topological polar surface area (TPSA) is 16.3 Å². The summed E-state index contributed by atoms with van der Waals surface area (Å²) in [6, 6.07) is 168. The number of rotatable bonds is 14. The molecule has 0 bridgehead atoms. The van der Waals surface area contributed by atoms with Crippen LogP contribution in [0.15, 0.2) is 461 Å². The Morgan fingerprint density at radius 1 is 0.164 bits per heavy atom. The van der Waals surface area contributed by atoms with Crippen molar-refractivity contribution in [2.75, 3.05) is 9.80 Å². The van der Waals surface area contributed by atoms with Crippen molar-refractivity contribution in [1.82, 2.24) is 9.13 Å². The summed E-state index contributed by atoms with van der Waals surface area (Å²) in [5.74, 6) is 0. The predicted octanol–water partition coefficient (Wildman–Crippen LogP) is 33.6. The summed E-state index contributed by atoms with van der Waals surface area (Å²) < 4.78 is 10.1. The molecular weight excluding hydrogens is 1510 g/mol. The molecule has 0 aliphatic carbocycles. The Hall–Kier alpha value is -15.4. The molecule has 0 saturated heterocycles. The zero-order valence-corrected chi connectivity index (χ0v) is 68.1. The number of hydrogen-bond donors (Lipinski definition) is 0. The van der Waals surface area contributed by atoms with Crippen LogP contribution in [0.25, 0.3) is 184 Å². The average molecular weight is 1590 g/mol. The number of para-hydroxylation sites is 4. The van der Waals surface area contributed by atoms with Crippen LogP contribution in [0.1, 0.15) is 0 Å². The van der Waals surface area contributed by atoms with Crippen LogP contribution in [-0.2, 0) is 0 Å². The van der Waals surface area contributed by atoms with Gasteiger partial charge in [-0.15, -0.1) is 22.7 Å². The van der Waals surface area contributed by atoms with Crippen molar-refractivity contribution in [1.29, 1.82) is 0 Å². The molecule has 20 aromatic carbocycles. The number of hydrogen-bond acceptors (Lipinski definition) is 4. The first kappa shape index (κ1) is 71.8. The molecule has 6 heteroatoms. The Kier molecular flexibility index (Phi) is 18.0. The molecule has 0 spiro atoms. The van der Waals surface area contributed by atoms with E-state index in [-0.39, 0.29) is 0 Å². The number of aromatic nitrogens is 2. The molecule has 0 aliphatic rings. The fourth-order valence-electron chi connectivity index (χ4n) is 18.5. The van der Waals surface area contributed by atoms with Crippen LogP contribution in [0, 0.1) is 0 Å². The molecule has 0 radical (unpaired) electrons. The van der Waals surface area contributed by atoms with Crippen molar-refractivity contribution < 1.29 is 0 Å². The highest BCUT2D eigenvalue weighted by molar-refractivity contribution is 7.26. The van der Waals surface area contributed by atoms with Gasteiger partial charge in [0.1, 0.15) is 0 Å². The van der Waals surface area contributed by atoms with Gasteiger partial charge in [0.15, 0.2) is 0 Å². The van der Waals surface area contributed by atoms with Crippen LogP contribution < -0.4 is 9.80 Å². The van der Waals surface area contributed by atoms with Crippen LogP contribution in [0.5, 0.6) is 0 Å². The minimum absolute atomic E-state index is 1.09. The molecule has 24 aromatic rings. The van der Waals surface area contributed by atoms with Gasteiger partial charge >= 0.3 is 0 Å². The lowest BCUT2D eigenvalue weighted by molar-refractivity contribution is 1.17. The Bertz CT molecular complexity index is 7960. The van der Waals surface area contributed by atoms with Gasteiger partial charge in [0, 0.05) is 107 Å². The molecule has 4 nitrogen and oxygen atoms in total. The Labute approximate surface area is 715 Å². The molecule has 24 rings (SSSR count). The Balaban J connectivity index is 0.000000142. The molecule has 4 aromatic heterocycles. The van der Waals surface area contributed by atoms with Crippen molar-refractivity contribution in [3.63, 3.8) is 0 Å². The fourth-order valence-corrected chi connectivity index (χ4v) is 21.0. The summed E-state index contributed by atoms with van der Waals surface area (Å²) in [6.07, 6.45) is 0. The molecule has 0 fully saturated rings. The van der Waals surface area contributed by atoms with Crippen LogP contribution in [0.2, 0.25) is 0 Å². The first-order valence-corrected chi connectivity index (χ1v) is 43.3. The van der Waals surface area contributed by atoms with Gasteiger partial charge in [0.05, 0.1) is 22.1 Å². The monoisotopic (exact) mass is 1590 g/mol. The summed E-state index contributed by atoms with van der Waals surface area (Å²) in [5, 5.41) is 15.4. The van der Waals surface area contributed by atoms with E-state index in [0.29, 0.717) is 0 Å². The van der Waals surface area contributed by atoms with Crippen LogP contribution in [0.4, 0.5) is 34.1 Å². The molecule has 122 heavy (non-hydrogen) atoms. The van der Waals surface area contributed by atoms with Gasteiger partial charge in [-0.2, -0.15) is 0 Å². The van der Waals surface area contributed by atoms with Crippen LogP contribution in [-0.4, -0.2) is 9.13 Å². The minimum Gasteiger partial charge on any atom is -0.311 e. The highest BCUT2D eigenvalue weighted by Gasteiger charge is 2.22. The predicted molar refractivity (Wildman–Crippen MR) is 524 cm³/mol. The van der Waals surface area contributed by atoms with E-state index >= 15 is 0 Å². The van der Waals surface area contributed by atoms with Crippen LogP contribution >= 0.6 is 22.7 Å².